The minimum Gasteiger partial charge on any atom is -0.341 e. The van der Waals surface area contributed by atoms with Gasteiger partial charge in [0.05, 0.1) is 15.8 Å². The monoisotopic (exact) mass is 457 g/mol. The molecular formula is C21H23N5O5S. The third-order valence-corrected chi connectivity index (χ3v) is 6.89. The number of nitrogens with one attached hydrogen (secondary N) is 1. The fourth-order valence-corrected chi connectivity index (χ4v) is 4.76. The van der Waals surface area contributed by atoms with Crippen LogP contribution in [0.2, 0.25) is 0 Å². The Bertz CT molecular complexity index is 1420. The lowest BCUT2D eigenvalue weighted by atomic mass is 10.2. The standard InChI is InChI=1S/C21H23N5O5S/c1-14-5-8-18(22-12-14)23-32(30,31)15-6-7-17-16(11-15)20(28)26(21(29)24(17)2)13-19(27)25-9-3-4-10-25/h5-8,11-12H,3-4,9-10,13H2,1-2H3,(H,22,23). The first-order chi connectivity index (χ1) is 15.2. The first kappa shape index (κ1) is 21.8. The van der Waals surface area contributed by atoms with E-state index in [4.69, 9.17) is 0 Å². The predicted molar refractivity (Wildman–Crippen MR) is 119 cm³/mol. The Balaban J connectivity index is 1.75. The fourth-order valence-electron chi connectivity index (χ4n) is 3.73. The van der Waals surface area contributed by atoms with Crippen molar-refractivity contribution in [3.8, 4) is 0 Å². The van der Waals surface area contributed by atoms with Crippen LogP contribution in [0, 0.1) is 6.92 Å². The Morgan fingerprint density at radius 3 is 2.50 bits per heavy atom. The minimum atomic E-state index is -4.03. The molecule has 1 aromatic carbocycles. The molecule has 1 fully saturated rings. The molecule has 11 heteroatoms. The molecule has 0 atom stereocenters. The molecule has 1 N–H and O–H groups in total. The molecule has 1 aliphatic heterocycles. The van der Waals surface area contributed by atoms with Crippen molar-refractivity contribution in [1.82, 2.24) is 19.0 Å². The van der Waals surface area contributed by atoms with Crippen molar-refractivity contribution in [2.75, 3.05) is 17.8 Å². The molecule has 10 nitrogen and oxygen atoms in total. The number of nitrogens with zero attached hydrogens (tertiary/aromatic N) is 4. The molecule has 3 heterocycles. The van der Waals surface area contributed by atoms with Gasteiger partial charge in [-0.3, -0.25) is 23.4 Å². The van der Waals surface area contributed by atoms with Gasteiger partial charge in [-0.1, -0.05) is 6.07 Å². The van der Waals surface area contributed by atoms with Crippen LogP contribution in [-0.4, -0.2) is 46.4 Å². The number of carbonyl (C=O) groups is 1. The van der Waals surface area contributed by atoms with Gasteiger partial charge in [-0.15, -0.1) is 0 Å². The van der Waals surface area contributed by atoms with Crippen LogP contribution in [0.1, 0.15) is 18.4 Å². The maximum Gasteiger partial charge on any atom is 0.331 e. The number of rotatable bonds is 5. The Kier molecular flexibility index (Phi) is 5.59. The number of pyridine rings is 1. The number of aromatic nitrogens is 3. The number of amides is 1. The second-order valence-corrected chi connectivity index (χ2v) is 9.51. The van der Waals surface area contributed by atoms with Crippen molar-refractivity contribution in [2.24, 2.45) is 7.05 Å². The summed E-state index contributed by atoms with van der Waals surface area (Å²) in [5.74, 6) is -0.165. The number of benzene rings is 1. The second-order valence-electron chi connectivity index (χ2n) is 7.83. The molecule has 32 heavy (non-hydrogen) atoms. The zero-order valence-corrected chi connectivity index (χ0v) is 18.6. The maximum atomic E-state index is 13.1. The lowest BCUT2D eigenvalue weighted by Crippen LogP contribution is -2.43. The summed E-state index contributed by atoms with van der Waals surface area (Å²) in [7, 11) is -2.55. The molecule has 0 radical (unpaired) electrons. The van der Waals surface area contributed by atoms with Crippen LogP contribution in [0.15, 0.2) is 51.0 Å². The fraction of sp³-hybridized carbons (Fsp3) is 0.333. The Morgan fingerprint density at radius 1 is 1.12 bits per heavy atom. The average Bonchev–Trinajstić information content (AvgIpc) is 3.31. The summed E-state index contributed by atoms with van der Waals surface area (Å²) in [6.45, 7) is 2.65. The zero-order chi connectivity index (χ0) is 23.0. The van der Waals surface area contributed by atoms with E-state index in [2.05, 4.69) is 9.71 Å². The summed E-state index contributed by atoms with van der Waals surface area (Å²) < 4.78 is 30.2. The van der Waals surface area contributed by atoms with E-state index < -0.39 is 21.3 Å². The highest BCUT2D eigenvalue weighted by atomic mass is 32.2. The number of sulfonamides is 1. The topological polar surface area (TPSA) is 123 Å². The molecule has 4 rings (SSSR count). The molecular weight excluding hydrogens is 434 g/mol. The third-order valence-electron chi connectivity index (χ3n) is 5.54. The van der Waals surface area contributed by atoms with Crippen LogP contribution in [0.5, 0.6) is 0 Å². The largest absolute Gasteiger partial charge is 0.341 e. The number of hydrogen-bond acceptors (Lipinski definition) is 6. The Labute approximate surface area is 184 Å². The quantitative estimate of drug-likeness (QED) is 0.605. The molecule has 1 saturated heterocycles. The Hall–Kier alpha value is -3.47. The van der Waals surface area contributed by atoms with E-state index in [1.54, 1.807) is 11.0 Å². The molecule has 3 aromatic rings. The number of likely N-dealkylation sites (tertiary alicyclic amines) is 1. The molecule has 1 aliphatic rings. The molecule has 0 saturated carbocycles. The van der Waals surface area contributed by atoms with Crippen LogP contribution < -0.4 is 16.0 Å². The van der Waals surface area contributed by atoms with Gasteiger partial charge in [0, 0.05) is 26.3 Å². The van der Waals surface area contributed by atoms with Gasteiger partial charge in [-0.05, 0) is 49.6 Å². The van der Waals surface area contributed by atoms with Gasteiger partial charge in [0.15, 0.2) is 0 Å². The van der Waals surface area contributed by atoms with E-state index in [1.165, 1.54) is 42.1 Å². The normalized spacial score (nSPS) is 14.1. The number of anilines is 1. The molecule has 168 valence electrons. The third kappa shape index (κ3) is 4.03. The van der Waals surface area contributed by atoms with Crippen LogP contribution in [0.25, 0.3) is 10.9 Å². The highest BCUT2D eigenvalue weighted by molar-refractivity contribution is 7.92. The molecule has 1 amide bonds. The predicted octanol–water partition coefficient (Wildman–Crippen LogP) is 0.827. The van der Waals surface area contributed by atoms with Gasteiger partial charge in [-0.25, -0.2) is 18.2 Å². The van der Waals surface area contributed by atoms with Gasteiger partial charge in [0.25, 0.3) is 15.6 Å². The smallest absolute Gasteiger partial charge is 0.331 e. The summed E-state index contributed by atoms with van der Waals surface area (Å²) in [4.78, 5) is 43.8. The van der Waals surface area contributed by atoms with Crippen molar-refractivity contribution in [3.63, 3.8) is 0 Å². The highest BCUT2D eigenvalue weighted by Crippen LogP contribution is 2.18. The van der Waals surface area contributed by atoms with Crippen molar-refractivity contribution < 1.29 is 13.2 Å². The first-order valence-corrected chi connectivity index (χ1v) is 11.6. The van der Waals surface area contributed by atoms with E-state index in [9.17, 15) is 22.8 Å². The van der Waals surface area contributed by atoms with Crippen LogP contribution in [-0.2, 0) is 28.4 Å². The van der Waals surface area contributed by atoms with E-state index in [0.717, 1.165) is 23.0 Å². The van der Waals surface area contributed by atoms with Crippen LogP contribution in [0.4, 0.5) is 5.82 Å². The highest BCUT2D eigenvalue weighted by Gasteiger charge is 2.22. The van der Waals surface area contributed by atoms with Gasteiger partial charge in [-0.2, -0.15) is 0 Å². The number of fused-ring (bicyclic) bond motifs is 1. The van der Waals surface area contributed by atoms with Gasteiger partial charge in [0.2, 0.25) is 5.91 Å². The average molecular weight is 458 g/mol. The summed E-state index contributed by atoms with van der Waals surface area (Å²) in [5, 5.41) is 0.0288. The molecule has 0 unspecified atom stereocenters. The van der Waals surface area contributed by atoms with Crippen molar-refractivity contribution in [3.05, 3.63) is 62.9 Å². The van der Waals surface area contributed by atoms with E-state index in [0.29, 0.717) is 13.1 Å². The maximum absolute atomic E-state index is 13.1. The van der Waals surface area contributed by atoms with Gasteiger partial charge < -0.3 is 4.90 Å². The van der Waals surface area contributed by atoms with Gasteiger partial charge in [0.1, 0.15) is 12.4 Å². The summed E-state index contributed by atoms with van der Waals surface area (Å²) >= 11 is 0. The zero-order valence-electron chi connectivity index (χ0n) is 17.7. The summed E-state index contributed by atoms with van der Waals surface area (Å²) in [6.07, 6.45) is 3.31. The lowest BCUT2D eigenvalue weighted by Gasteiger charge is -2.17. The van der Waals surface area contributed by atoms with E-state index >= 15 is 0 Å². The van der Waals surface area contributed by atoms with Crippen molar-refractivity contribution in [2.45, 2.75) is 31.2 Å². The number of hydrogen-bond donors (Lipinski definition) is 1. The molecule has 0 aliphatic carbocycles. The van der Waals surface area contributed by atoms with E-state index in [-0.39, 0.29) is 34.1 Å². The summed E-state index contributed by atoms with van der Waals surface area (Å²) in [6, 6.07) is 7.19. The van der Waals surface area contributed by atoms with Crippen LogP contribution >= 0.6 is 0 Å². The number of carbonyl (C=O) groups excluding carboxylic acids is 1. The van der Waals surface area contributed by atoms with Crippen LogP contribution in [0.3, 0.4) is 0 Å². The van der Waals surface area contributed by atoms with Crippen molar-refractivity contribution in [1.29, 1.82) is 0 Å². The summed E-state index contributed by atoms with van der Waals surface area (Å²) in [5.41, 5.74) is -0.185. The molecule has 2 aromatic heterocycles. The Morgan fingerprint density at radius 2 is 1.84 bits per heavy atom. The first-order valence-electron chi connectivity index (χ1n) is 10.1. The molecule has 0 bridgehead atoms. The number of aryl methyl sites for hydroxylation is 2. The minimum absolute atomic E-state index is 0.0288. The molecule has 0 spiro atoms. The lowest BCUT2D eigenvalue weighted by molar-refractivity contribution is -0.130. The second kappa shape index (κ2) is 8.23. The van der Waals surface area contributed by atoms with Gasteiger partial charge >= 0.3 is 5.69 Å². The van der Waals surface area contributed by atoms with E-state index in [1.807, 2.05) is 6.92 Å². The van der Waals surface area contributed by atoms with Crippen molar-refractivity contribution >= 4 is 32.7 Å². The SMILES string of the molecule is Cc1ccc(NS(=O)(=O)c2ccc3c(c2)c(=O)n(CC(=O)N2CCCC2)c(=O)n3C)nc1.